The fraction of sp³-hybridized carbons (Fsp3) is 0.722. The summed E-state index contributed by atoms with van der Waals surface area (Å²) in [5.41, 5.74) is 0. The highest BCUT2D eigenvalue weighted by molar-refractivity contribution is 5.71. The lowest BCUT2D eigenvalue weighted by Crippen LogP contribution is -2.30. The predicted octanol–water partition coefficient (Wildman–Crippen LogP) is 16.3. The van der Waals surface area contributed by atoms with Crippen LogP contribution >= 0.6 is 0 Å². The number of unbranched alkanes of at least 4 members (excludes halogenated alkanes) is 25. The van der Waals surface area contributed by atoms with Crippen molar-refractivity contribution >= 4 is 17.9 Å². The number of rotatable bonds is 44. The molecule has 0 saturated heterocycles. The largest absolute Gasteiger partial charge is 0.462 e. The number of hydrogen-bond donors (Lipinski definition) is 0. The summed E-state index contributed by atoms with van der Waals surface area (Å²) < 4.78 is 16.7. The number of esters is 3. The number of ether oxygens (including phenoxy) is 3. The molecule has 6 heteroatoms. The van der Waals surface area contributed by atoms with Gasteiger partial charge in [0.2, 0.25) is 0 Å². The van der Waals surface area contributed by atoms with E-state index in [2.05, 4.69) is 39.0 Å². The maximum Gasteiger partial charge on any atom is 0.306 e. The van der Waals surface area contributed by atoms with E-state index in [1.807, 2.05) is 54.7 Å². The summed E-state index contributed by atoms with van der Waals surface area (Å²) in [7, 11) is 0. The minimum Gasteiger partial charge on any atom is -0.462 e. The summed E-state index contributed by atoms with van der Waals surface area (Å²) in [6.07, 6.45) is 60.3. The van der Waals surface area contributed by atoms with Crippen molar-refractivity contribution in [2.24, 2.45) is 0 Å². The van der Waals surface area contributed by atoms with Gasteiger partial charge in [-0.25, -0.2) is 0 Å². The molecule has 344 valence electrons. The van der Waals surface area contributed by atoms with Gasteiger partial charge in [-0.15, -0.1) is 0 Å². The molecule has 0 N–H and O–H groups in total. The van der Waals surface area contributed by atoms with Gasteiger partial charge in [-0.3, -0.25) is 14.4 Å². The second-order valence-electron chi connectivity index (χ2n) is 16.5. The minimum atomic E-state index is -0.812. The fourth-order valence-corrected chi connectivity index (χ4v) is 6.82. The molecule has 0 aromatic carbocycles. The van der Waals surface area contributed by atoms with Crippen molar-refractivity contribution in [1.29, 1.82) is 0 Å². The number of hydrogen-bond acceptors (Lipinski definition) is 6. The van der Waals surface area contributed by atoms with Crippen LogP contribution in [0.25, 0.3) is 0 Å². The molecule has 0 aliphatic heterocycles. The van der Waals surface area contributed by atoms with E-state index in [4.69, 9.17) is 14.2 Å². The first-order chi connectivity index (χ1) is 29.5. The lowest BCUT2D eigenvalue weighted by molar-refractivity contribution is -0.167. The molecule has 0 aliphatic rings. The molecule has 0 heterocycles. The zero-order valence-electron chi connectivity index (χ0n) is 39.2. The summed E-state index contributed by atoms with van der Waals surface area (Å²) in [4.78, 5) is 37.9. The number of carbonyl (C=O) groups is 3. The van der Waals surface area contributed by atoms with E-state index in [1.165, 1.54) is 128 Å². The molecule has 0 saturated carbocycles. The smallest absolute Gasteiger partial charge is 0.306 e. The fourth-order valence-electron chi connectivity index (χ4n) is 6.82. The summed E-state index contributed by atoms with van der Waals surface area (Å²) in [5, 5.41) is 0. The van der Waals surface area contributed by atoms with Crippen LogP contribution in [0.1, 0.15) is 233 Å². The van der Waals surface area contributed by atoms with Gasteiger partial charge < -0.3 is 14.2 Å². The first kappa shape index (κ1) is 56.9. The number of carbonyl (C=O) groups excluding carboxylic acids is 3. The zero-order chi connectivity index (χ0) is 43.7. The van der Waals surface area contributed by atoms with E-state index < -0.39 is 6.10 Å². The minimum absolute atomic E-state index is 0.105. The molecule has 0 fully saturated rings. The zero-order valence-corrected chi connectivity index (χ0v) is 39.2. The quantitative estimate of drug-likeness (QED) is 0.0200. The van der Waals surface area contributed by atoms with Crippen LogP contribution in [0.5, 0.6) is 0 Å². The Hall–Kier alpha value is -3.15. The Bertz CT molecular complexity index is 1140. The van der Waals surface area contributed by atoms with E-state index in [0.717, 1.165) is 57.8 Å². The summed E-state index contributed by atoms with van der Waals surface area (Å²) >= 11 is 0. The van der Waals surface area contributed by atoms with Gasteiger partial charge in [0.1, 0.15) is 13.2 Å². The van der Waals surface area contributed by atoms with Gasteiger partial charge in [0.05, 0.1) is 0 Å². The second kappa shape index (κ2) is 48.5. The van der Waals surface area contributed by atoms with Crippen molar-refractivity contribution in [3.05, 3.63) is 72.9 Å². The maximum atomic E-state index is 12.7. The Morgan fingerprint density at radius 1 is 0.350 bits per heavy atom. The average molecular weight is 837 g/mol. The van der Waals surface area contributed by atoms with Crippen molar-refractivity contribution in [2.45, 2.75) is 239 Å². The average Bonchev–Trinajstić information content (AvgIpc) is 3.24. The maximum absolute atomic E-state index is 12.7. The SMILES string of the molecule is CC\C=C/C=C\C=C/C=C\C=C/CCCC(=O)OC(COC(=O)CCCCCCC/C=C\CCCCCCCCC)COC(=O)CCCCCCCCCCCCCCC. The van der Waals surface area contributed by atoms with Crippen LogP contribution < -0.4 is 0 Å². The van der Waals surface area contributed by atoms with Gasteiger partial charge in [-0.2, -0.15) is 0 Å². The lowest BCUT2D eigenvalue weighted by atomic mass is 10.0. The van der Waals surface area contributed by atoms with Crippen LogP contribution in [0.3, 0.4) is 0 Å². The molecule has 0 spiro atoms. The molecule has 0 bridgehead atoms. The Morgan fingerprint density at radius 3 is 1.10 bits per heavy atom. The van der Waals surface area contributed by atoms with Crippen molar-refractivity contribution in [1.82, 2.24) is 0 Å². The van der Waals surface area contributed by atoms with Gasteiger partial charge in [0.25, 0.3) is 0 Å². The van der Waals surface area contributed by atoms with E-state index in [0.29, 0.717) is 19.3 Å². The summed E-state index contributed by atoms with van der Waals surface area (Å²) in [6, 6.07) is 0. The molecule has 0 aliphatic carbocycles. The summed E-state index contributed by atoms with van der Waals surface area (Å²) in [5.74, 6) is -0.987. The van der Waals surface area contributed by atoms with Crippen LogP contribution in [-0.2, 0) is 28.6 Å². The highest BCUT2D eigenvalue weighted by Crippen LogP contribution is 2.15. The molecule has 1 unspecified atom stereocenters. The van der Waals surface area contributed by atoms with Gasteiger partial charge in [0, 0.05) is 19.3 Å². The molecule has 6 nitrogen and oxygen atoms in total. The third kappa shape index (κ3) is 45.9. The standard InChI is InChI=1S/C54H92O6/c1-4-7-10-13-16-19-22-25-26-27-30-32-35-38-41-44-47-53(56)59-50-51(60-54(57)48-45-42-39-36-33-29-24-21-18-15-12-9-6-3)49-58-52(55)46-43-40-37-34-31-28-23-20-17-14-11-8-5-2/h9,12,15,18,21,24,26-27,29,33,36,39,51H,4-8,10-11,13-14,16-17,19-20,22-23,25,28,30-32,34-35,37-38,40-50H2,1-3H3/b12-9-,18-15-,24-21-,27-26-,33-29-,39-36-. The molecule has 0 aromatic heterocycles. The molecule has 0 amide bonds. The molecular formula is C54H92O6. The third-order valence-corrected chi connectivity index (χ3v) is 10.6. The van der Waals surface area contributed by atoms with E-state index >= 15 is 0 Å². The van der Waals surface area contributed by atoms with E-state index in [9.17, 15) is 14.4 Å². The predicted molar refractivity (Wildman–Crippen MR) is 256 cm³/mol. The highest BCUT2D eigenvalue weighted by atomic mass is 16.6. The molecular weight excluding hydrogens is 745 g/mol. The molecule has 0 radical (unpaired) electrons. The summed E-state index contributed by atoms with van der Waals surface area (Å²) in [6.45, 7) is 6.42. The Morgan fingerprint density at radius 2 is 0.683 bits per heavy atom. The van der Waals surface area contributed by atoms with Crippen LogP contribution in [0, 0.1) is 0 Å². The Kier molecular flexibility index (Phi) is 46.0. The Balaban J connectivity index is 4.47. The van der Waals surface area contributed by atoms with Gasteiger partial charge in [-0.1, -0.05) is 229 Å². The topological polar surface area (TPSA) is 78.9 Å². The molecule has 60 heavy (non-hydrogen) atoms. The van der Waals surface area contributed by atoms with Crippen LogP contribution in [0.2, 0.25) is 0 Å². The van der Waals surface area contributed by atoms with Gasteiger partial charge in [-0.05, 0) is 57.8 Å². The normalized spacial score (nSPS) is 12.7. The first-order valence-electron chi connectivity index (χ1n) is 25.0. The highest BCUT2D eigenvalue weighted by Gasteiger charge is 2.19. The monoisotopic (exact) mass is 837 g/mol. The van der Waals surface area contributed by atoms with Gasteiger partial charge in [0.15, 0.2) is 6.10 Å². The van der Waals surface area contributed by atoms with Crippen molar-refractivity contribution in [2.75, 3.05) is 13.2 Å². The second-order valence-corrected chi connectivity index (χ2v) is 16.5. The van der Waals surface area contributed by atoms with Crippen LogP contribution in [0.15, 0.2) is 72.9 Å². The van der Waals surface area contributed by atoms with E-state index in [-0.39, 0.29) is 37.5 Å². The van der Waals surface area contributed by atoms with Crippen molar-refractivity contribution in [3.63, 3.8) is 0 Å². The lowest BCUT2D eigenvalue weighted by Gasteiger charge is -2.18. The van der Waals surface area contributed by atoms with Crippen molar-refractivity contribution in [3.8, 4) is 0 Å². The molecule has 1 atom stereocenters. The molecule has 0 rings (SSSR count). The first-order valence-corrected chi connectivity index (χ1v) is 25.0. The van der Waals surface area contributed by atoms with Gasteiger partial charge >= 0.3 is 17.9 Å². The third-order valence-electron chi connectivity index (χ3n) is 10.6. The number of allylic oxidation sites excluding steroid dienone is 12. The molecule has 0 aromatic rings. The van der Waals surface area contributed by atoms with Crippen LogP contribution in [-0.4, -0.2) is 37.2 Å². The van der Waals surface area contributed by atoms with Crippen molar-refractivity contribution < 1.29 is 28.6 Å². The van der Waals surface area contributed by atoms with Crippen LogP contribution in [0.4, 0.5) is 0 Å². The van der Waals surface area contributed by atoms with E-state index in [1.54, 1.807) is 0 Å². The Labute approximate surface area is 370 Å².